The van der Waals surface area contributed by atoms with Gasteiger partial charge in [-0.25, -0.2) is 4.99 Å². The zero-order chi connectivity index (χ0) is 18.2. The predicted molar refractivity (Wildman–Crippen MR) is 92.0 cm³/mol. The number of rotatable bonds is 8. The summed E-state index contributed by atoms with van der Waals surface area (Å²) in [6.07, 6.45) is -1.54. The quantitative estimate of drug-likeness (QED) is 0.516. The Kier molecular flexibility index (Phi) is 7.82. The van der Waals surface area contributed by atoms with E-state index in [9.17, 15) is 13.2 Å². The van der Waals surface area contributed by atoms with E-state index in [0.29, 0.717) is 18.0 Å². The van der Waals surface area contributed by atoms with Gasteiger partial charge in [-0.3, -0.25) is 0 Å². The van der Waals surface area contributed by atoms with Crippen molar-refractivity contribution in [3.05, 3.63) is 36.0 Å². The lowest BCUT2D eigenvalue weighted by molar-refractivity contribution is -0.0577. The number of nitrogens with one attached hydrogen (secondary N) is 1. The van der Waals surface area contributed by atoms with Crippen molar-refractivity contribution in [2.45, 2.75) is 39.8 Å². The van der Waals surface area contributed by atoms with Gasteiger partial charge in [0, 0.05) is 12.2 Å². The van der Waals surface area contributed by atoms with E-state index in [1.54, 1.807) is 12.1 Å². The summed E-state index contributed by atoms with van der Waals surface area (Å²) in [4.78, 5) is 3.78. The molecule has 0 bridgehead atoms. The average molecular weight is 342 g/mol. The summed E-state index contributed by atoms with van der Waals surface area (Å²) in [6, 6.07) is 6.16. The molecule has 0 amide bonds. The highest BCUT2D eigenvalue weighted by atomic mass is 19.4. The summed E-state index contributed by atoms with van der Waals surface area (Å²) in [5.74, 6) is 0.521. The van der Waals surface area contributed by atoms with Gasteiger partial charge in [0.1, 0.15) is 11.5 Å². The van der Waals surface area contributed by atoms with Crippen LogP contribution in [0.3, 0.4) is 0 Å². The van der Waals surface area contributed by atoms with E-state index in [-0.39, 0.29) is 11.6 Å². The molecule has 0 heterocycles. The number of nitrogens with zero attached hydrogens (tertiary/aromatic N) is 1. The molecular weight excluding hydrogens is 317 g/mol. The maximum atomic E-state index is 13.3. The van der Waals surface area contributed by atoms with Gasteiger partial charge in [0.05, 0.1) is 12.8 Å². The molecule has 1 rings (SSSR count). The molecule has 1 aromatic carbocycles. The van der Waals surface area contributed by atoms with Crippen LogP contribution in [0.5, 0.6) is 5.75 Å². The van der Waals surface area contributed by atoms with Crippen LogP contribution in [0.4, 0.5) is 18.9 Å². The van der Waals surface area contributed by atoms with Crippen LogP contribution >= 0.6 is 0 Å². The first-order chi connectivity index (χ1) is 11.3. The fraction of sp³-hybridized carbons (Fsp3) is 0.500. The normalized spacial score (nSPS) is 13.3. The van der Waals surface area contributed by atoms with E-state index < -0.39 is 11.9 Å². The average Bonchev–Trinajstić information content (AvgIpc) is 2.52. The summed E-state index contributed by atoms with van der Waals surface area (Å²) in [5.41, 5.74) is -0.149. The maximum absolute atomic E-state index is 13.3. The Balaban J connectivity index is 3.13. The molecule has 0 fully saturated rings. The molecule has 134 valence electrons. The van der Waals surface area contributed by atoms with Crippen LogP contribution in [-0.4, -0.2) is 25.5 Å². The van der Waals surface area contributed by atoms with Crippen LogP contribution in [0.15, 0.2) is 41.0 Å². The number of methoxy groups -OCH3 is 1. The smallest absolute Gasteiger partial charge is 0.433 e. The summed E-state index contributed by atoms with van der Waals surface area (Å²) in [5, 5.41) is 3.09. The maximum Gasteiger partial charge on any atom is 0.433 e. The lowest BCUT2D eigenvalue weighted by Gasteiger charge is -2.16. The number of hydrogen-bond donors (Lipinski definition) is 1. The molecule has 0 aromatic heterocycles. The van der Waals surface area contributed by atoms with E-state index in [0.717, 1.165) is 18.9 Å². The van der Waals surface area contributed by atoms with Crippen LogP contribution in [-0.2, 0) is 0 Å². The number of allylic oxidation sites excluding steroid dienone is 2. The van der Waals surface area contributed by atoms with E-state index in [4.69, 9.17) is 4.74 Å². The van der Waals surface area contributed by atoms with E-state index in [1.165, 1.54) is 19.2 Å². The number of alkyl halides is 3. The standard InChI is InChI=1S/C18H25F3N2O/c1-5-6-11-22-16(13(2)3)12-17(18(19,20)21)23-14-7-9-15(24-4)10-8-14/h7-10,12-13,22H,5-6,11H2,1-4H3/b16-12-,23-17?. The second-order valence-corrected chi connectivity index (χ2v) is 5.73. The lowest BCUT2D eigenvalue weighted by atomic mass is 10.1. The SMILES string of the molecule is CCCCN/C(=C\C(=Nc1ccc(OC)cc1)C(F)(F)F)C(C)C. The number of aliphatic imine (C=N–C) groups is 1. The molecule has 0 radical (unpaired) electrons. The van der Waals surface area contributed by atoms with Gasteiger partial charge in [-0.2, -0.15) is 13.2 Å². The summed E-state index contributed by atoms with van der Waals surface area (Å²) in [7, 11) is 1.50. The Morgan fingerprint density at radius 3 is 2.33 bits per heavy atom. The third-order valence-electron chi connectivity index (χ3n) is 3.39. The molecule has 6 heteroatoms. The molecule has 0 aliphatic carbocycles. The van der Waals surface area contributed by atoms with Gasteiger partial charge in [0.15, 0.2) is 0 Å². The lowest BCUT2D eigenvalue weighted by Crippen LogP contribution is -2.25. The third kappa shape index (κ3) is 6.64. The van der Waals surface area contributed by atoms with Crippen molar-refractivity contribution < 1.29 is 17.9 Å². The third-order valence-corrected chi connectivity index (χ3v) is 3.39. The van der Waals surface area contributed by atoms with Crippen molar-refractivity contribution in [3.8, 4) is 5.75 Å². The second-order valence-electron chi connectivity index (χ2n) is 5.73. The van der Waals surface area contributed by atoms with Crippen molar-refractivity contribution in [2.75, 3.05) is 13.7 Å². The zero-order valence-corrected chi connectivity index (χ0v) is 14.6. The highest BCUT2D eigenvalue weighted by Gasteiger charge is 2.34. The minimum atomic E-state index is -4.52. The predicted octanol–water partition coefficient (Wildman–Crippen LogP) is 5.26. The first-order valence-corrected chi connectivity index (χ1v) is 8.03. The van der Waals surface area contributed by atoms with Crippen LogP contribution in [0.2, 0.25) is 0 Å². The molecule has 0 aliphatic rings. The Labute approximate surface area is 141 Å². The Morgan fingerprint density at radius 1 is 1.25 bits per heavy atom. The molecule has 1 N–H and O–H groups in total. The number of hydrogen-bond acceptors (Lipinski definition) is 3. The summed E-state index contributed by atoms with van der Waals surface area (Å²) < 4.78 is 45.0. The number of halogens is 3. The summed E-state index contributed by atoms with van der Waals surface area (Å²) >= 11 is 0. The molecule has 0 atom stereocenters. The van der Waals surface area contributed by atoms with Gasteiger partial charge in [0.2, 0.25) is 0 Å². The van der Waals surface area contributed by atoms with Crippen LogP contribution in [0.25, 0.3) is 0 Å². The highest BCUT2D eigenvalue weighted by molar-refractivity contribution is 6.01. The Bertz CT molecular complexity index is 561. The van der Waals surface area contributed by atoms with Crippen LogP contribution in [0.1, 0.15) is 33.6 Å². The van der Waals surface area contributed by atoms with Gasteiger partial charge in [0.25, 0.3) is 0 Å². The molecule has 1 aromatic rings. The Morgan fingerprint density at radius 2 is 1.88 bits per heavy atom. The molecular formula is C18H25F3N2O. The number of benzene rings is 1. The Hall–Kier alpha value is -1.98. The van der Waals surface area contributed by atoms with Crippen LogP contribution in [0, 0.1) is 5.92 Å². The molecule has 0 aliphatic heterocycles. The first-order valence-electron chi connectivity index (χ1n) is 8.03. The minimum absolute atomic E-state index is 0.0507. The van der Waals surface area contributed by atoms with Crippen molar-refractivity contribution in [2.24, 2.45) is 10.9 Å². The van der Waals surface area contributed by atoms with E-state index in [1.807, 2.05) is 20.8 Å². The second kappa shape index (κ2) is 9.35. The van der Waals surface area contributed by atoms with E-state index in [2.05, 4.69) is 10.3 Å². The largest absolute Gasteiger partial charge is 0.497 e. The first kappa shape index (κ1) is 20.1. The van der Waals surface area contributed by atoms with Crippen LogP contribution < -0.4 is 10.1 Å². The topological polar surface area (TPSA) is 33.6 Å². The number of ether oxygens (including phenoxy) is 1. The van der Waals surface area contributed by atoms with E-state index >= 15 is 0 Å². The molecule has 0 unspecified atom stereocenters. The minimum Gasteiger partial charge on any atom is -0.497 e. The molecule has 24 heavy (non-hydrogen) atoms. The monoisotopic (exact) mass is 342 g/mol. The van der Waals surface area contributed by atoms with Gasteiger partial charge >= 0.3 is 6.18 Å². The number of unbranched alkanes of at least 4 members (excludes halogenated alkanes) is 1. The zero-order valence-electron chi connectivity index (χ0n) is 14.6. The molecule has 0 saturated heterocycles. The molecule has 3 nitrogen and oxygen atoms in total. The van der Waals surface area contributed by atoms with Gasteiger partial charge in [-0.1, -0.05) is 27.2 Å². The fourth-order valence-corrected chi connectivity index (χ4v) is 1.95. The molecule has 0 spiro atoms. The summed E-state index contributed by atoms with van der Waals surface area (Å²) in [6.45, 7) is 6.39. The fourth-order valence-electron chi connectivity index (χ4n) is 1.95. The molecule has 0 saturated carbocycles. The van der Waals surface area contributed by atoms with Gasteiger partial charge in [-0.15, -0.1) is 0 Å². The highest BCUT2D eigenvalue weighted by Crippen LogP contribution is 2.25. The van der Waals surface area contributed by atoms with Crippen molar-refractivity contribution in [1.82, 2.24) is 5.32 Å². The van der Waals surface area contributed by atoms with Gasteiger partial charge < -0.3 is 10.1 Å². The van der Waals surface area contributed by atoms with Gasteiger partial charge in [-0.05, 0) is 42.7 Å². The van der Waals surface area contributed by atoms with Crippen molar-refractivity contribution in [1.29, 1.82) is 0 Å². The van der Waals surface area contributed by atoms with Crippen molar-refractivity contribution in [3.63, 3.8) is 0 Å². The van der Waals surface area contributed by atoms with Crippen molar-refractivity contribution >= 4 is 11.4 Å².